The monoisotopic (exact) mass is 291 g/mol. The van der Waals surface area contributed by atoms with Crippen LogP contribution in [0, 0.1) is 5.92 Å². The molecule has 1 fully saturated rings. The fourth-order valence-corrected chi connectivity index (χ4v) is 2.96. The van der Waals surface area contributed by atoms with Crippen molar-refractivity contribution in [3.63, 3.8) is 0 Å². The summed E-state index contributed by atoms with van der Waals surface area (Å²) in [6.45, 7) is 2.98. The molecule has 0 spiro atoms. The second kappa shape index (κ2) is 8.15. The molecule has 1 aliphatic rings. The summed E-state index contributed by atoms with van der Waals surface area (Å²) in [4.78, 5) is 13.8. The van der Waals surface area contributed by atoms with Crippen LogP contribution in [0.5, 0.6) is 0 Å². The Labute approximate surface area is 126 Å². The Morgan fingerprint density at radius 3 is 2.62 bits per heavy atom. The van der Waals surface area contributed by atoms with Crippen molar-refractivity contribution in [2.24, 2.45) is 5.92 Å². The smallest absolute Gasteiger partial charge is 0.334 e. The number of rotatable bonds is 6. The van der Waals surface area contributed by atoms with Crippen LogP contribution in [0.3, 0.4) is 0 Å². The van der Waals surface area contributed by atoms with Crippen molar-refractivity contribution in [1.29, 1.82) is 0 Å². The minimum Gasteiger partial charge on any atom is -0.467 e. The van der Waals surface area contributed by atoms with E-state index in [1.54, 1.807) is 0 Å². The van der Waals surface area contributed by atoms with Crippen LogP contribution in [0.25, 0.3) is 0 Å². The topological polar surface area (TPSA) is 49.8 Å². The van der Waals surface area contributed by atoms with Gasteiger partial charge in [-0.1, -0.05) is 30.3 Å². The van der Waals surface area contributed by atoms with Gasteiger partial charge in [0.1, 0.15) is 0 Å². The van der Waals surface area contributed by atoms with Crippen molar-refractivity contribution < 1.29 is 14.6 Å². The maximum atomic E-state index is 11.3. The van der Waals surface area contributed by atoms with Crippen LogP contribution < -0.4 is 0 Å². The zero-order chi connectivity index (χ0) is 15.1. The number of benzene rings is 1. The van der Waals surface area contributed by atoms with Gasteiger partial charge in [0.15, 0.2) is 6.10 Å². The lowest BCUT2D eigenvalue weighted by molar-refractivity contribution is -0.154. The molecule has 116 valence electrons. The minimum atomic E-state index is -0.957. The molecule has 0 aliphatic carbocycles. The quantitative estimate of drug-likeness (QED) is 0.813. The largest absolute Gasteiger partial charge is 0.467 e. The number of hydrogen-bond donors (Lipinski definition) is 1. The molecule has 4 nitrogen and oxygen atoms in total. The zero-order valence-electron chi connectivity index (χ0n) is 12.7. The molecular weight excluding hydrogens is 266 g/mol. The number of aliphatic hydroxyl groups is 1. The molecule has 1 aliphatic heterocycles. The van der Waals surface area contributed by atoms with Crippen LogP contribution in [0.4, 0.5) is 0 Å². The van der Waals surface area contributed by atoms with Gasteiger partial charge in [-0.15, -0.1) is 0 Å². The molecule has 0 bridgehead atoms. The second-order valence-electron chi connectivity index (χ2n) is 5.74. The van der Waals surface area contributed by atoms with Crippen molar-refractivity contribution in [1.82, 2.24) is 4.90 Å². The lowest BCUT2D eigenvalue weighted by Crippen LogP contribution is -2.41. The van der Waals surface area contributed by atoms with Gasteiger partial charge in [-0.2, -0.15) is 0 Å². The molecule has 1 aromatic carbocycles. The maximum absolute atomic E-state index is 11.3. The van der Waals surface area contributed by atoms with Crippen LogP contribution in [-0.4, -0.2) is 48.8 Å². The van der Waals surface area contributed by atoms with Gasteiger partial charge in [-0.05, 0) is 56.8 Å². The lowest BCUT2D eigenvalue weighted by atomic mass is 9.91. The summed E-state index contributed by atoms with van der Waals surface area (Å²) >= 11 is 0. The van der Waals surface area contributed by atoms with E-state index in [0.29, 0.717) is 0 Å². The molecule has 1 unspecified atom stereocenters. The first-order valence-electron chi connectivity index (χ1n) is 7.73. The van der Waals surface area contributed by atoms with Crippen molar-refractivity contribution in [2.45, 2.75) is 31.8 Å². The Morgan fingerprint density at radius 2 is 2.00 bits per heavy atom. The van der Waals surface area contributed by atoms with Crippen molar-refractivity contribution >= 4 is 5.97 Å². The summed E-state index contributed by atoms with van der Waals surface area (Å²) in [5.74, 6) is -0.458. The summed E-state index contributed by atoms with van der Waals surface area (Å²) in [7, 11) is 1.32. The van der Waals surface area contributed by atoms with E-state index in [9.17, 15) is 9.90 Å². The van der Waals surface area contributed by atoms with Gasteiger partial charge in [-0.3, -0.25) is 0 Å². The fourth-order valence-electron chi connectivity index (χ4n) is 2.96. The van der Waals surface area contributed by atoms with Crippen LogP contribution in [0.1, 0.15) is 24.8 Å². The highest BCUT2D eigenvalue weighted by Crippen LogP contribution is 2.21. The van der Waals surface area contributed by atoms with E-state index in [1.165, 1.54) is 12.7 Å². The highest BCUT2D eigenvalue weighted by Gasteiger charge is 2.30. The van der Waals surface area contributed by atoms with Crippen LogP contribution in [-0.2, 0) is 16.0 Å². The van der Waals surface area contributed by atoms with E-state index in [2.05, 4.69) is 33.9 Å². The van der Waals surface area contributed by atoms with E-state index in [1.807, 2.05) is 6.07 Å². The van der Waals surface area contributed by atoms with E-state index in [-0.39, 0.29) is 5.92 Å². The summed E-state index contributed by atoms with van der Waals surface area (Å²) in [5.41, 5.74) is 1.38. The number of aryl methyl sites for hydroxylation is 1. The molecule has 0 aromatic heterocycles. The molecule has 2 rings (SSSR count). The van der Waals surface area contributed by atoms with Crippen molar-refractivity contribution in [2.75, 3.05) is 26.7 Å². The molecule has 4 heteroatoms. The maximum Gasteiger partial charge on any atom is 0.334 e. The molecule has 21 heavy (non-hydrogen) atoms. The van der Waals surface area contributed by atoms with E-state index in [0.717, 1.165) is 45.3 Å². The third kappa shape index (κ3) is 4.83. The summed E-state index contributed by atoms with van der Waals surface area (Å²) in [6, 6.07) is 10.5. The number of hydrogen-bond acceptors (Lipinski definition) is 4. The van der Waals surface area contributed by atoms with Gasteiger partial charge < -0.3 is 14.7 Å². The number of aliphatic hydroxyl groups excluding tert-OH is 1. The first-order valence-corrected chi connectivity index (χ1v) is 7.73. The van der Waals surface area contributed by atoms with E-state index in [4.69, 9.17) is 0 Å². The van der Waals surface area contributed by atoms with E-state index >= 15 is 0 Å². The van der Waals surface area contributed by atoms with E-state index < -0.39 is 12.1 Å². The van der Waals surface area contributed by atoms with Gasteiger partial charge >= 0.3 is 5.97 Å². The molecule has 0 radical (unpaired) electrons. The molecule has 1 N–H and O–H groups in total. The number of nitrogens with zero attached hydrogens (tertiary/aromatic N) is 1. The minimum absolute atomic E-state index is 0.0443. The molecule has 1 saturated heterocycles. The fraction of sp³-hybridized carbons (Fsp3) is 0.588. The zero-order valence-corrected chi connectivity index (χ0v) is 12.7. The highest BCUT2D eigenvalue weighted by atomic mass is 16.5. The third-order valence-electron chi connectivity index (χ3n) is 4.30. The van der Waals surface area contributed by atoms with Crippen LogP contribution in [0.15, 0.2) is 30.3 Å². The van der Waals surface area contributed by atoms with Gasteiger partial charge in [0, 0.05) is 0 Å². The number of likely N-dealkylation sites (tertiary alicyclic amines) is 1. The Hall–Kier alpha value is -1.39. The number of esters is 1. The highest BCUT2D eigenvalue weighted by molar-refractivity contribution is 5.74. The lowest BCUT2D eigenvalue weighted by Gasteiger charge is -2.33. The number of ether oxygens (including phenoxy) is 1. The van der Waals surface area contributed by atoms with Gasteiger partial charge in [0.05, 0.1) is 7.11 Å². The number of methoxy groups -OCH3 is 1. The molecule has 1 aromatic rings. The molecule has 0 saturated carbocycles. The molecular formula is C17H25NO3. The van der Waals surface area contributed by atoms with Gasteiger partial charge in [0.25, 0.3) is 0 Å². The normalized spacial score (nSPS) is 18.4. The third-order valence-corrected chi connectivity index (χ3v) is 4.30. The Kier molecular flexibility index (Phi) is 6.21. The van der Waals surface area contributed by atoms with Crippen LogP contribution >= 0.6 is 0 Å². The first-order chi connectivity index (χ1) is 10.2. The first kappa shape index (κ1) is 16.0. The van der Waals surface area contributed by atoms with Crippen molar-refractivity contribution in [3.8, 4) is 0 Å². The number of carbonyl (C=O) groups is 1. The molecule has 1 heterocycles. The SMILES string of the molecule is COC(=O)C(O)C1CCN(CCCc2ccccc2)CC1. The summed E-state index contributed by atoms with van der Waals surface area (Å²) in [6.07, 6.45) is 3.02. The van der Waals surface area contributed by atoms with Crippen molar-refractivity contribution in [3.05, 3.63) is 35.9 Å². The van der Waals surface area contributed by atoms with Gasteiger partial charge in [0.2, 0.25) is 0 Å². The Morgan fingerprint density at radius 1 is 1.33 bits per heavy atom. The predicted molar refractivity (Wildman–Crippen MR) is 81.9 cm³/mol. The Balaban J connectivity index is 1.66. The van der Waals surface area contributed by atoms with Crippen LogP contribution in [0.2, 0.25) is 0 Å². The summed E-state index contributed by atoms with van der Waals surface area (Å²) < 4.78 is 4.60. The second-order valence-corrected chi connectivity index (χ2v) is 5.74. The average Bonchev–Trinajstić information content (AvgIpc) is 2.55. The average molecular weight is 291 g/mol. The number of carbonyl (C=O) groups excluding carboxylic acids is 1. The molecule has 1 atom stereocenters. The standard InChI is InChI=1S/C17H25NO3/c1-21-17(20)16(19)15-9-12-18(13-10-15)11-5-8-14-6-3-2-4-7-14/h2-4,6-7,15-16,19H,5,8-13H2,1H3. The number of piperidine rings is 1. The van der Waals surface area contributed by atoms with Gasteiger partial charge in [-0.25, -0.2) is 4.79 Å². The summed E-state index contributed by atoms with van der Waals surface area (Å²) in [5, 5.41) is 9.86. The Bertz CT molecular complexity index is 427. The molecule has 0 amide bonds. The predicted octanol–water partition coefficient (Wildman–Crippen LogP) is 1.87.